The molecule has 1 atom stereocenters. The van der Waals surface area contributed by atoms with E-state index < -0.39 is 0 Å². The van der Waals surface area contributed by atoms with Crippen LogP contribution in [0.4, 0.5) is 0 Å². The first-order chi connectivity index (χ1) is 8.27. The van der Waals surface area contributed by atoms with Crippen LogP contribution in [0.1, 0.15) is 37.8 Å². The highest BCUT2D eigenvalue weighted by atomic mass is 16.5. The van der Waals surface area contributed by atoms with Crippen molar-refractivity contribution in [2.75, 3.05) is 20.3 Å². The van der Waals surface area contributed by atoms with E-state index in [9.17, 15) is 0 Å². The highest BCUT2D eigenvalue weighted by Crippen LogP contribution is 2.18. The van der Waals surface area contributed by atoms with Crippen molar-refractivity contribution in [1.29, 1.82) is 0 Å². The first kappa shape index (κ1) is 14.0. The van der Waals surface area contributed by atoms with Gasteiger partial charge in [0, 0.05) is 19.3 Å². The van der Waals surface area contributed by atoms with Gasteiger partial charge in [0.15, 0.2) is 0 Å². The normalized spacial score (nSPS) is 12.4. The summed E-state index contributed by atoms with van der Waals surface area (Å²) in [5.41, 5.74) is 7.21. The summed E-state index contributed by atoms with van der Waals surface area (Å²) >= 11 is 0. The fourth-order valence-electron chi connectivity index (χ4n) is 1.58. The SMILES string of the molecule is CCCCOCCC(N)c1ccc(OC)cc1. The number of unbranched alkanes of at least 4 members (excludes halogenated alkanes) is 1. The zero-order valence-electron chi connectivity index (χ0n) is 10.8. The Balaban J connectivity index is 2.28. The third kappa shape index (κ3) is 5.20. The molecule has 1 rings (SSSR count). The van der Waals surface area contributed by atoms with Crippen molar-refractivity contribution in [1.82, 2.24) is 0 Å². The van der Waals surface area contributed by atoms with Crippen LogP contribution >= 0.6 is 0 Å². The Labute approximate surface area is 104 Å². The average Bonchev–Trinajstić information content (AvgIpc) is 2.38. The van der Waals surface area contributed by atoms with E-state index in [-0.39, 0.29) is 6.04 Å². The van der Waals surface area contributed by atoms with Crippen molar-refractivity contribution in [2.45, 2.75) is 32.2 Å². The summed E-state index contributed by atoms with van der Waals surface area (Å²) < 4.78 is 10.6. The molecule has 0 aliphatic rings. The quantitative estimate of drug-likeness (QED) is 0.707. The Morgan fingerprint density at radius 2 is 1.88 bits per heavy atom. The molecule has 1 unspecified atom stereocenters. The van der Waals surface area contributed by atoms with Gasteiger partial charge in [-0.3, -0.25) is 0 Å². The number of rotatable bonds is 8. The zero-order chi connectivity index (χ0) is 12.5. The van der Waals surface area contributed by atoms with Crippen molar-refractivity contribution < 1.29 is 9.47 Å². The summed E-state index contributed by atoms with van der Waals surface area (Å²) in [6.07, 6.45) is 3.15. The summed E-state index contributed by atoms with van der Waals surface area (Å²) in [7, 11) is 1.66. The van der Waals surface area contributed by atoms with Crippen molar-refractivity contribution in [3.05, 3.63) is 29.8 Å². The first-order valence-electron chi connectivity index (χ1n) is 6.25. The molecule has 0 saturated heterocycles. The minimum Gasteiger partial charge on any atom is -0.497 e. The maximum atomic E-state index is 6.08. The van der Waals surface area contributed by atoms with Crippen LogP contribution in [0.15, 0.2) is 24.3 Å². The van der Waals surface area contributed by atoms with Crippen LogP contribution < -0.4 is 10.5 Å². The standard InChI is InChI=1S/C14H23NO2/c1-3-4-10-17-11-9-14(15)12-5-7-13(16-2)8-6-12/h5-8,14H,3-4,9-11,15H2,1-2H3. The molecule has 1 aromatic rings. The highest BCUT2D eigenvalue weighted by Gasteiger charge is 2.05. The Bertz CT molecular complexity index is 298. The monoisotopic (exact) mass is 237 g/mol. The largest absolute Gasteiger partial charge is 0.497 e. The smallest absolute Gasteiger partial charge is 0.118 e. The van der Waals surface area contributed by atoms with Gasteiger partial charge in [-0.25, -0.2) is 0 Å². The predicted molar refractivity (Wildman–Crippen MR) is 70.3 cm³/mol. The molecule has 0 aliphatic carbocycles. The predicted octanol–water partition coefficient (Wildman–Crippen LogP) is 2.90. The number of methoxy groups -OCH3 is 1. The number of hydrogen-bond donors (Lipinski definition) is 1. The molecular weight excluding hydrogens is 214 g/mol. The summed E-state index contributed by atoms with van der Waals surface area (Å²) in [6.45, 7) is 3.73. The molecule has 0 aromatic heterocycles. The molecule has 96 valence electrons. The Kier molecular flexibility index (Phi) is 6.67. The van der Waals surface area contributed by atoms with Gasteiger partial charge < -0.3 is 15.2 Å². The molecule has 1 aromatic carbocycles. The molecule has 3 nitrogen and oxygen atoms in total. The second-order valence-electron chi connectivity index (χ2n) is 4.13. The van der Waals surface area contributed by atoms with Crippen LogP contribution in [-0.2, 0) is 4.74 Å². The fraction of sp³-hybridized carbons (Fsp3) is 0.571. The molecule has 2 N–H and O–H groups in total. The van der Waals surface area contributed by atoms with Crippen molar-refractivity contribution in [2.24, 2.45) is 5.73 Å². The maximum absolute atomic E-state index is 6.08. The van der Waals surface area contributed by atoms with Gasteiger partial charge in [0.2, 0.25) is 0 Å². The molecule has 0 bridgehead atoms. The van der Waals surface area contributed by atoms with Gasteiger partial charge >= 0.3 is 0 Å². The van der Waals surface area contributed by atoms with Crippen molar-refractivity contribution in [3.63, 3.8) is 0 Å². The molecular formula is C14H23NO2. The average molecular weight is 237 g/mol. The van der Waals surface area contributed by atoms with Crippen LogP contribution in [-0.4, -0.2) is 20.3 Å². The molecule has 0 fully saturated rings. The van der Waals surface area contributed by atoms with Gasteiger partial charge in [-0.2, -0.15) is 0 Å². The summed E-state index contributed by atoms with van der Waals surface area (Å²) in [4.78, 5) is 0. The molecule has 0 saturated carbocycles. The molecule has 17 heavy (non-hydrogen) atoms. The minimum atomic E-state index is 0.0440. The summed E-state index contributed by atoms with van der Waals surface area (Å²) in [5, 5.41) is 0. The Morgan fingerprint density at radius 1 is 1.18 bits per heavy atom. The van der Waals surface area contributed by atoms with Gasteiger partial charge in [0.1, 0.15) is 5.75 Å². The number of hydrogen-bond acceptors (Lipinski definition) is 3. The summed E-state index contributed by atoms with van der Waals surface area (Å²) in [6, 6.07) is 7.94. The van der Waals surface area contributed by atoms with E-state index >= 15 is 0 Å². The van der Waals surface area contributed by atoms with Crippen LogP contribution in [0.5, 0.6) is 5.75 Å². The van der Waals surface area contributed by atoms with E-state index in [1.165, 1.54) is 6.42 Å². The lowest BCUT2D eigenvalue weighted by Crippen LogP contribution is -2.13. The lowest BCUT2D eigenvalue weighted by molar-refractivity contribution is 0.124. The lowest BCUT2D eigenvalue weighted by Gasteiger charge is -2.12. The second-order valence-corrected chi connectivity index (χ2v) is 4.13. The van der Waals surface area contributed by atoms with E-state index in [1.54, 1.807) is 7.11 Å². The van der Waals surface area contributed by atoms with E-state index in [4.69, 9.17) is 15.2 Å². The number of nitrogens with two attached hydrogens (primary N) is 1. The van der Waals surface area contributed by atoms with E-state index in [0.29, 0.717) is 0 Å². The van der Waals surface area contributed by atoms with Crippen LogP contribution in [0.2, 0.25) is 0 Å². The Morgan fingerprint density at radius 3 is 2.47 bits per heavy atom. The molecule has 0 amide bonds. The molecule has 0 aliphatic heterocycles. The topological polar surface area (TPSA) is 44.5 Å². The first-order valence-corrected chi connectivity index (χ1v) is 6.25. The maximum Gasteiger partial charge on any atom is 0.118 e. The van der Waals surface area contributed by atoms with E-state index in [0.717, 1.165) is 37.4 Å². The van der Waals surface area contributed by atoms with Crippen molar-refractivity contribution in [3.8, 4) is 5.75 Å². The second kappa shape index (κ2) is 8.09. The van der Waals surface area contributed by atoms with Gasteiger partial charge in [0.05, 0.1) is 7.11 Å². The van der Waals surface area contributed by atoms with Crippen LogP contribution in [0.3, 0.4) is 0 Å². The van der Waals surface area contributed by atoms with Gasteiger partial charge in [-0.1, -0.05) is 25.5 Å². The summed E-state index contributed by atoms with van der Waals surface area (Å²) in [5.74, 6) is 0.861. The number of ether oxygens (including phenoxy) is 2. The fourth-order valence-corrected chi connectivity index (χ4v) is 1.58. The van der Waals surface area contributed by atoms with E-state index in [2.05, 4.69) is 6.92 Å². The molecule has 0 heterocycles. The highest BCUT2D eigenvalue weighted by molar-refractivity contribution is 5.28. The van der Waals surface area contributed by atoms with Crippen molar-refractivity contribution >= 4 is 0 Å². The molecule has 3 heteroatoms. The van der Waals surface area contributed by atoms with E-state index in [1.807, 2.05) is 24.3 Å². The van der Waals surface area contributed by atoms with Gasteiger partial charge in [-0.05, 0) is 30.5 Å². The molecule has 0 radical (unpaired) electrons. The zero-order valence-corrected chi connectivity index (χ0v) is 10.8. The van der Waals surface area contributed by atoms with Gasteiger partial charge in [0.25, 0.3) is 0 Å². The third-order valence-electron chi connectivity index (χ3n) is 2.76. The van der Waals surface area contributed by atoms with Crippen LogP contribution in [0, 0.1) is 0 Å². The Hall–Kier alpha value is -1.06. The van der Waals surface area contributed by atoms with Gasteiger partial charge in [-0.15, -0.1) is 0 Å². The van der Waals surface area contributed by atoms with Crippen LogP contribution in [0.25, 0.3) is 0 Å². The number of benzene rings is 1. The third-order valence-corrected chi connectivity index (χ3v) is 2.76. The minimum absolute atomic E-state index is 0.0440. The molecule has 0 spiro atoms. The lowest BCUT2D eigenvalue weighted by atomic mass is 10.1.